The molecule has 24 heavy (non-hydrogen) atoms. The first kappa shape index (κ1) is 17.2. The maximum Gasteiger partial charge on any atom is 0.188 e. The summed E-state index contributed by atoms with van der Waals surface area (Å²) in [7, 11) is 0. The largest absolute Gasteiger partial charge is 0.379 e. The summed E-state index contributed by atoms with van der Waals surface area (Å²) in [6, 6.07) is 2.63. The van der Waals surface area contributed by atoms with E-state index in [-0.39, 0.29) is 0 Å². The summed E-state index contributed by atoms with van der Waals surface area (Å²) in [4.78, 5) is 6.82. The molecule has 1 aromatic rings. The number of hydrogen-bond donors (Lipinski definition) is 2. The molecule has 2 aliphatic rings. The lowest BCUT2D eigenvalue weighted by Crippen LogP contribution is -2.39. The number of nitrogens with zero attached hydrogens (tertiary/aromatic N) is 4. The van der Waals surface area contributed by atoms with E-state index in [9.17, 15) is 0 Å². The Morgan fingerprint density at radius 2 is 2.12 bits per heavy atom. The molecule has 2 heterocycles. The molecule has 0 spiro atoms. The van der Waals surface area contributed by atoms with Crippen molar-refractivity contribution in [2.45, 2.75) is 44.7 Å². The van der Waals surface area contributed by atoms with Crippen LogP contribution in [0.25, 0.3) is 0 Å². The van der Waals surface area contributed by atoms with Crippen molar-refractivity contribution in [2.24, 2.45) is 10.7 Å². The highest BCUT2D eigenvalue weighted by molar-refractivity contribution is 5.77. The molecule has 0 aromatic carbocycles. The van der Waals surface area contributed by atoms with Crippen LogP contribution in [0.2, 0.25) is 0 Å². The quantitative estimate of drug-likeness (QED) is 0.444. The molecule has 2 fully saturated rings. The van der Waals surface area contributed by atoms with Crippen molar-refractivity contribution in [2.75, 3.05) is 39.4 Å². The van der Waals surface area contributed by atoms with E-state index in [4.69, 9.17) is 10.5 Å². The Hall–Kier alpha value is -1.60. The molecule has 7 heteroatoms. The first-order valence-electron chi connectivity index (χ1n) is 9.19. The van der Waals surface area contributed by atoms with Gasteiger partial charge < -0.3 is 15.8 Å². The Morgan fingerprint density at radius 3 is 2.92 bits per heavy atom. The molecule has 0 radical (unpaired) electrons. The Labute approximate surface area is 144 Å². The van der Waals surface area contributed by atoms with Gasteiger partial charge in [0.2, 0.25) is 0 Å². The zero-order valence-electron chi connectivity index (χ0n) is 14.5. The first-order chi connectivity index (χ1) is 11.8. The fourth-order valence-corrected chi connectivity index (χ4v) is 3.40. The standard InChI is InChI=1S/C17H30N6O/c18-17(19-7-3-8-22-10-12-24-13-11-22)20-14-15-6-9-23(21-15)16-4-1-2-5-16/h6,9,16H,1-5,7-8,10-14H2,(H3,18,19,20). The van der Waals surface area contributed by atoms with E-state index >= 15 is 0 Å². The summed E-state index contributed by atoms with van der Waals surface area (Å²) in [5, 5.41) is 7.82. The molecule has 1 saturated heterocycles. The second-order valence-electron chi connectivity index (χ2n) is 6.66. The first-order valence-corrected chi connectivity index (χ1v) is 9.19. The van der Waals surface area contributed by atoms with E-state index in [0.29, 0.717) is 18.5 Å². The topological polar surface area (TPSA) is 80.7 Å². The molecule has 3 rings (SSSR count). The Bertz CT molecular complexity index is 517. The maximum absolute atomic E-state index is 5.94. The van der Waals surface area contributed by atoms with Crippen LogP contribution in [0.3, 0.4) is 0 Å². The van der Waals surface area contributed by atoms with Gasteiger partial charge in [0.1, 0.15) is 0 Å². The number of aliphatic imine (C=N–C) groups is 1. The second kappa shape index (κ2) is 9.03. The van der Waals surface area contributed by atoms with Crippen molar-refractivity contribution in [3.8, 4) is 0 Å². The summed E-state index contributed by atoms with van der Waals surface area (Å²) < 4.78 is 7.45. The minimum absolute atomic E-state index is 0.507. The highest BCUT2D eigenvalue weighted by atomic mass is 16.5. The maximum atomic E-state index is 5.94. The summed E-state index contributed by atoms with van der Waals surface area (Å²) in [5.41, 5.74) is 6.93. The molecule has 134 valence electrons. The molecule has 0 amide bonds. The van der Waals surface area contributed by atoms with Crippen molar-refractivity contribution in [1.29, 1.82) is 0 Å². The number of nitrogens with two attached hydrogens (primary N) is 1. The molecule has 1 aliphatic heterocycles. The van der Waals surface area contributed by atoms with Crippen LogP contribution in [-0.4, -0.2) is 60.0 Å². The SMILES string of the molecule is NC(=NCc1ccn(C2CCCC2)n1)NCCCN1CCOCC1. The number of hydrogen-bond acceptors (Lipinski definition) is 4. The molecular formula is C17H30N6O. The van der Waals surface area contributed by atoms with Gasteiger partial charge in [-0.05, 0) is 31.9 Å². The monoisotopic (exact) mass is 334 g/mol. The molecule has 0 unspecified atom stereocenters. The van der Waals surface area contributed by atoms with Crippen LogP contribution in [0.4, 0.5) is 0 Å². The van der Waals surface area contributed by atoms with E-state index in [1.54, 1.807) is 0 Å². The van der Waals surface area contributed by atoms with Gasteiger partial charge in [0, 0.05) is 25.8 Å². The molecule has 1 aromatic heterocycles. The molecule has 1 aliphatic carbocycles. The second-order valence-corrected chi connectivity index (χ2v) is 6.66. The number of morpholine rings is 1. The van der Waals surface area contributed by atoms with Crippen LogP contribution in [0, 0.1) is 0 Å². The van der Waals surface area contributed by atoms with Gasteiger partial charge in [-0.15, -0.1) is 0 Å². The average molecular weight is 334 g/mol. The number of ether oxygens (including phenoxy) is 1. The minimum Gasteiger partial charge on any atom is -0.379 e. The molecule has 3 N–H and O–H groups in total. The van der Waals surface area contributed by atoms with Gasteiger partial charge >= 0.3 is 0 Å². The molecule has 1 saturated carbocycles. The van der Waals surface area contributed by atoms with Gasteiger partial charge in [-0.25, -0.2) is 4.99 Å². The van der Waals surface area contributed by atoms with E-state index in [0.717, 1.165) is 51.5 Å². The zero-order valence-corrected chi connectivity index (χ0v) is 14.5. The van der Waals surface area contributed by atoms with Crippen LogP contribution in [0.5, 0.6) is 0 Å². The van der Waals surface area contributed by atoms with E-state index in [1.807, 2.05) is 6.07 Å². The minimum atomic E-state index is 0.507. The van der Waals surface area contributed by atoms with Crippen molar-refractivity contribution >= 4 is 5.96 Å². The number of guanidine groups is 1. The number of aromatic nitrogens is 2. The Balaban J connectivity index is 1.33. The number of nitrogens with one attached hydrogen (secondary N) is 1. The summed E-state index contributed by atoms with van der Waals surface area (Å²) in [6.45, 7) is 6.25. The van der Waals surface area contributed by atoms with Gasteiger partial charge in [-0.2, -0.15) is 5.10 Å². The highest BCUT2D eigenvalue weighted by Gasteiger charge is 2.17. The lowest BCUT2D eigenvalue weighted by molar-refractivity contribution is 0.0376. The van der Waals surface area contributed by atoms with E-state index in [2.05, 4.69) is 31.2 Å². The van der Waals surface area contributed by atoms with Crippen molar-refractivity contribution in [3.63, 3.8) is 0 Å². The molecule has 7 nitrogen and oxygen atoms in total. The summed E-state index contributed by atoms with van der Waals surface area (Å²) in [6.07, 6.45) is 8.27. The molecule has 0 bridgehead atoms. The van der Waals surface area contributed by atoms with E-state index in [1.165, 1.54) is 25.7 Å². The van der Waals surface area contributed by atoms with Gasteiger partial charge in [-0.3, -0.25) is 9.58 Å². The smallest absolute Gasteiger partial charge is 0.188 e. The lowest BCUT2D eigenvalue weighted by Gasteiger charge is -2.26. The van der Waals surface area contributed by atoms with Gasteiger partial charge in [-0.1, -0.05) is 12.8 Å². The van der Waals surface area contributed by atoms with Crippen LogP contribution < -0.4 is 11.1 Å². The lowest BCUT2D eigenvalue weighted by atomic mass is 10.3. The van der Waals surface area contributed by atoms with Crippen LogP contribution >= 0.6 is 0 Å². The van der Waals surface area contributed by atoms with Crippen molar-refractivity contribution < 1.29 is 4.74 Å². The molecule has 0 atom stereocenters. The normalized spacial score (nSPS) is 20.6. The van der Waals surface area contributed by atoms with Gasteiger partial charge in [0.05, 0.1) is 31.5 Å². The predicted octanol–water partition coefficient (Wildman–Crippen LogP) is 1.12. The third-order valence-corrected chi connectivity index (χ3v) is 4.83. The average Bonchev–Trinajstić information content (AvgIpc) is 3.29. The Morgan fingerprint density at radius 1 is 1.33 bits per heavy atom. The third-order valence-electron chi connectivity index (χ3n) is 4.83. The summed E-state index contributed by atoms with van der Waals surface area (Å²) >= 11 is 0. The zero-order chi connectivity index (χ0) is 16.6. The highest BCUT2D eigenvalue weighted by Crippen LogP contribution is 2.28. The summed E-state index contributed by atoms with van der Waals surface area (Å²) in [5.74, 6) is 0.507. The van der Waals surface area contributed by atoms with Crippen molar-refractivity contribution in [1.82, 2.24) is 20.0 Å². The third kappa shape index (κ3) is 5.21. The van der Waals surface area contributed by atoms with Crippen molar-refractivity contribution in [3.05, 3.63) is 18.0 Å². The van der Waals surface area contributed by atoms with Crippen LogP contribution in [-0.2, 0) is 11.3 Å². The fraction of sp³-hybridized carbons (Fsp3) is 0.765. The van der Waals surface area contributed by atoms with Crippen LogP contribution in [0.1, 0.15) is 43.8 Å². The van der Waals surface area contributed by atoms with Gasteiger partial charge in [0.25, 0.3) is 0 Å². The fourth-order valence-electron chi connectivity index (χ4n) is 3.40. The number of rotatable bonds is 7. The molecular weight excluding hydrogens is 304 g/mol. The van der Waals surface area contributed by atoms with E-state index < -0.39 is 0 Å². The Kier molecular flexibility index (Phi) is 6.48. The van der Waals surface area contributed by atoms with Crippen LogP contribution in [0.15, 0.2) is 17.3 Å². The predicted molar refractivity (Wildman–Crippen MR) is 94.9 cm³/mol. The van der Waals surface area contributed by atoms with Gasteiger partial charge in [0.15, 0.2) is 5.96 Å².